The van der Waals surface area contributed by atoms with Crippen LogP contribution in [0.1, 0.15) is 33.1 Å². The minimum absolute atomic E-state index is 0.0105. The molecule has 0 radical (unpaired) electrons. The Labute approximate surface area is 227 Å². The molecule has 38 heavy (non-hydrogen) atoms. The van der Waals surface area contributed by atoms with Crippen LogP contribution >= 0.6 is 8.20 Å². The minimum Gasteiger partial charge on any atom is -0.497 e. The number of amides is 1. The Balaban J connectivity index is 2.19. The number of carbonyl (C=O) groups is 1. The van der Waals surface area contributed by atoms with Crippen LogP contribution in [0.2, 0.25) is 0 Å². The summed E-state index contributed by atoms with van der Waals surface area (Å²) in [7, 11) is -0.0160. The van der Waals surface area contributed by atoms with E-state index in [-0.39, 0.29) is 36.7 Å². The van der Waals surface area contributed by atoms with Crippen LogP contribution < -0.4 is 10.1 Å². The van der Waals surface area contributed by atoms with Crippen molar-refractivity contribution in [3.8, 4) is 5.75 Å². The maximum atomic E-state index is 13.6. The number of hydrogen-bond donors (Lipinski definition) is 3. The Morgan fingerprint density at radius 1 is 1.21 bits per heavy atom. The molecule has 1 fully saturated rings. The summed E-state index contributed by atoms with van der Waals surface area (Å²) in [5.74, 6) is 0.589. The first-order valence-corrected chi connectivity index (χ1v) is 15.2. The molecule has 1 amide bonds. The molecule has 3 N–H and O–H groups in total. The number of methoxy groups -OCH3 is 2. The van der Waals surface area contributed by atoms with Crippen molar-refractivity contribution in [1.82, 2.24) is 9.62 Å². The number of nitrogens with one attached hydrogen (secondary N) is 1. The number of nitrogens with zero attached hydrogens (tertiary/aromatic N) is 1. The molecule has 1 aliphatic carbocycles. The summed E-state index contributed by atoms with van der Waals surface area (Å²) < 4.78 is 50.0. The largest absolute Gasteiger partial charge is 0.497 e. The van der Waals surface area contributed by atoms with Crippen LogP contribution in [0.5, 0.6) is 5.75 Å². The lowest BCUT2D eigenvalue weighted by molar-refractivity contribution is -0.0864. The number of sulfonamides is 1. The molecule has 0 spiro atoms. The molecule has 216 valence electrons. The van der Waals surface area contributed by atoms with E-state index in [0.29, 0.717) is 18.3 Å². The second-order valence-corrected chi connectivity index (χ2v) is 12.4. The quantitative estimate of drug-likeness (QED) is 0.199. The third kappa shape index (κ3) is 9.44. The molecule has 11 nitrogen and oxygen atoms in total. The van der Waals surface area contributed by atoms with Crippen LogP contribution in [-0.2, 0) is 24.2 Å². The first-order valence-electron chi connectivity index (χ1n) is 12.5. The van der Waals surface area contributed by atoms with Gasteiger partial charge in [-0.1, -0.05) is 20.1 Å². The van der Waals surface area contributed by atoms with Gasteiger partial charge in [0.25, 0.3) is 0 Å². The molecule has 0 aromatic heterocycles. The van der Waals surface area contributed by atoms with Gasteiger partial charge in [-0.25, -0.2) is 13.2 Å². The summed E-state index contributed by atoms with van der Waals surface area (Å²) in [6.45, 7) is 3.59. The standard InChI is InChI=1S/C25H41N2O9PS/c1-17(2)14-27(38(31,32)20-8-6-18(33-3)7-9-20)15-24(34-4)21(10-11-37-5)26-25(30)36-19-12-22(29)23(13-19)35-16-28/h6-9,17,19,21-24,28-29H,5,10-16H2,1-4H3,(H,26,30). The van der Waals surface area contributed by atoms with Gasteiger partial charge in [0, 0.05) is 33.0 Å². The molecule has 5 unspecified atom stereocenters. The van der Waals surface area contributed by atoms with Crippen LogP contribution in [0.4, 0.5) is 4.79 Å². The van der Waals surface area contributed by atoms with Gasteiger partial charge < -0.3 is 34.5 Å². The van der Waals surface area contributed by atoms with Gasteiger partial charge in [0.05, 0.1) is 36.4 Å². The molecule has 2 rings (SSSR count). The van der Waals surface area contributed by atoms with Gasteiger partial charge in [0.2, 0.25) is 10.0 Å². The van der Waals surface area contributed by atoms with Crippen molar-refractivity contribution in [1.29, 1.82) is 0 Å². The lowest BCUT2D eigenvalue weighted by Crippen LogP contribution is -2.51. The molecule has 0 aliphatic heterocycles. The number of rotatable bonds is 16. The summed E-state index contributed by atoms with van der Waals surface area (Å²) in [6.07, 6.45) is 2.01. The maximum Gasteiger partial charge on any atom is 0.407 e. The van der Waals surface area contributed by atoms with E-state index >= 15 is 0 Å². The van der Waals surface area contributed by atoms with Crippen LogP contribution in [0.15, 0.2) is 29.2 Å². The normalized spacial score (nSPS) is 21.5. The lowest BCUT2D eigenvalue weighted by Gasteiger charge is -2.32. The molecular weight excluding hydrogens is 535 g/mol. The highest BCUT2D eigenvalue weighted by atomic mass is 32.2. The number of alkyl carbamates (subject to hydrolysis) is 1. The Morgan fingerprint density at radius 2 is 1.89 bits per heavy atom. The van der Waals surface area contributed by atoms with Crippen LogP contribution in [0, 0.1) is 5.92 Å². The fourth-order valence-electron chi connectivity index (χ4n) is 4.36. The molecular formula is C25H41N2O9PS. The average Bonchev–Trinajstić information content (AvgIpc) is 3.22. The summed E-state index contributed by atoms with van der Waals surface area (Å²) in [4.78, 5) is 12.9. The van der Waals surface area contributed by atoms with Gasteiger partial charge in [-0.15, -0.1) is 8.20 Å². The van der Waals surface area contributed by atoms with E-state index in [1.807, 2.05) is 13.8 Å². The van der Waals surface area contributed by atoms with Crippen LogP contribution in [0.3, 0.4) is 0 Å². The zero-order valence-corrected chi connectivity index (χ0v) is 24.2. The van der Waals surface area contributed by atoms with Crippen molar-refractivity contribution in [2.75, 3.05) is 40.3 Å². The first kappa shape index (κ1) is 32.4. The summed E-state index contributed by atoms with van der Waals surface area (Å²) in [6, 6.07) is 5.64. The van der Waals surface area contributed by atoms with Gasteiger partial charge in [-0.3, -0.25) is 0 Å². The number of carbonyl (C=O) groups excluding carboxylic acids is 1. The molecule has 13 heteroatoms. The third-order valence-corrected chi connectivity index (χ3v) is 8.71. The maximum absolute atomic E-state index is 13.6. The van der Waals surface area contributed by atoms with Crippen molar-refractivity contribution in [2.45, 2.75) is 68.5 Å². The van der Waals surface area contributed by atoms with E-state index in [4.69, 9.17) is 24.1 Å². The van der Waals surface area contributed by atoms with E-state index < -0.39 is 53.4 Å². The molecule has 0 heterocycles. The predicted octanol–water partition coefficient (Wildman–Crippen LogP) is 2.08. The average molecular weight is 577 g/mol. The molecule has 5 atom stereocenters. The molecule has 1 aliphatic rings. The topological polar surface area (TPSA) is 144 Å². The highest BCUT2D eigenvalue weighted by molar-refractivity contribution is 7.89. The van der Waals surface area contributed by atoms with Crippen molar-refractivity contribution in [3.05, 3.63) is 24.3 Å². The zero-order chi connectivity index (χ0) is 28.3. The van der Waals surface area contributed by atoms with Crippen LogP contribution in [0.25, 0.3) is 0 Å². The second-order valence-electron chi connectivity index (χ2n) is 9.55. The smallest absolute Gasteiger partial charge is 0.407 e. The van der Waals surface area contributed by atoms with Gasteiger partial charge in [-0.2, -0.15) is 4.31 Å². The Morgan fingerprint density at radius 3 is 2.45 bits per heavy atom. The Bertz CT molecular complexity index is 978. The van der Waals surface area contributed by atoms with Gasteiger partial charge in [0.15, 0.2) is 0 Å². The molecule has 1 aromatic carbocycles. The SMILES string of the molecule is C=PCCC(NC(=O)OC1CC(O)C(OCO)C1)C(CN(CC(C)C)S(=O)(=O)c1ccc(OC)cc1)OC. The van der Waals surface area contributed by atoms with Crippen molar-refractivity contribution in [2.24, 2.45) is 5.92 Å². The first-order chi connectivity index (χ1) is 18.0. The highest BCUT2D eigenvalue weighted by Gasteiger charge is 2.37. The fourth-order valence-corrected chi connectivity index (χ4v) is 6.44. The molecule has 0 bridgehead atoms. The lowest BCUT2D eigenvalue weighted by atomic mass is 10.1. The molecule has 0 saturated heterocycles. The monoisotopic (exact) mass is 576 g/mol. The highest BCUT2D eigenvalue weighted by Crippen LogP contribution is 2.26. The predicted molar refractivity (Wildman–Crippen MR) is 145 cm³/mol. The van der Waals surface area contributed by atoms with E-state index in [1.165, 1.54) is 30.7 Å². The Hall–Kier alpha value is -1.79. The van der Waals surface area contributed by atoms with Crippen molar-refractivity contribution in [3.63, 3.8) is 0 Å². The molecule has 1 aromatic rings. The second kappa shape index (κ2) is 15.7. The summed E-state index contributed by atoms with van der Waals surface area (Å²) in [5.41, 5.74) is 0. The van der Waals surface area contributed by atoms with Gasteiger partial charge >= 0.3 is 6.09 Å². The number of hydrogen-bond acceptors (Lipinski definition) is 9. The number of ether oxygens (including phenoxy) is 4. The summed E-state index contributed by atoms with van der Waals surface area (Å²) >= 11 is 0. The summed E-state index contributed by atoms with van der Waals surface area (Å²) in [5, 5.41) is 21.8. The van der Waals surface area contributed by atoms with E-state index in [2.05, 4.69) is 11.6 Å². The number of aliphatic hydroxyl groups excluding tert-OH is 2. The van der Waals surface area contributed by atoms with Crippen molar-refractivity contribution >= 4 is 30.6 Å². The van der Waals surface area contributed by atoms with Gasteiger partial charge in [-0.05, 0) is 42.8 Å². The van der Waals surface area contributed by atoms with E-state index in [1.54, 1.807) is 12.1 Å². The Kier molecular flexibility index (Phi) is 13.4. The minimum atomic E-state index is -3.87. The number of aliphatic hydroxyl groups is 2. The molecule has 1 saturated carbocycles. The van der Waals surface area contributed by atoms with Crippen molar-refractivity contribution < 1.29 is 42.4 Å². The number of benzene rings is 1. The van der Waals surface area contributed by atoms with Gasteiger partial charge in [0.1, 0.15) is 18.6 Å². The van der Waals surface area contributed by atoms with E-state index in [0.717, 1.165) is 8.20 Å². The fraction of sp³-hybridized carbons (Fsp3) is 0.680. The zero-order valence-electron chi connectivity index (χ0n) is 22.5. The van der Waals surface area contributed by atoms with E-state index in [9.17, 15) is 18.3 Å². The third-order valence-electron chi connectivity index (χ3n) is 6.29. The van der Waals surface area contributed by atoms with Crippen LogP contribution in [-0.4, -0.2) is 106 Å².